The van der Waals surface area contributed by atoms with Crippen molar-refractivity contribution in [2.75, 3.05) is 46.2 Å². The first kappa shape index (κ1) is 20.3. The first-order valence-electron chi connectivity index (χ1n) is 8.12. The van der Waals surface area contributed by atoms with Crippen LogP contribution in [0.4, 0.5) is 0 Å². The van der Waals surface area contributed by atoms with Gasteiger partial charge < -0.3 is 18.9 Å². The molecule has 0 fully saturated rings. The summed E-state index contributed by atoms with van der Waals surface area (Å²) in [6.07, 6.45) is 4.11. The predicted octanol–water partition coefficient (Wildman–Crippen LogP) is 2.82. The molecule has 5 nitrogen and oxygen atoms in total. The standard InChI is InChI=1S/C16H32O5/c1-4-6-8-18-9-10-19-11-12-20-13-14-21-16(17)15(3)7-5-2/h15H,4-14H2,1-3H3. The minimum absolute atomic E-state index is 0.0222. The summed E-state index contributed by atoms with van der Waals surface area (Å²) in [5.41, 5.74) is 0. The molecule has 0 aliphatic carbocycles. The number of hydrogen-bond donors (Lipinski definition) is 0. The molecule has 0 amide bonds. The van der Waals surface area contributed by atoms with Gasteiger partial charge in [-0.3, -0.25) is 4.79 Å². The fourth-order valence-electron chi connectivity index (χ4n) is 1.68. The van der Waals surface area contributed by atoms with Gasteiger partial charge in [0, 0.05) is 6.61 Å². The van der Waals surface area contributed by atoms with Gasteiger partial charge in [0.1, 0.15) is 6.61 Å². The van der Waals surface area contributed by atoms with E-state index in [1.54, 1.807) is 0 Å². The number of hydrogen-bond acceptors (Lipinski definition) is 5. The highest BCUT2D eigenvalue weighted by molar-refractivity contribution is 5.71. The van der Waals surface area contributed by atoms with E-state index in [4.69, 9.17) is 18.9 Å². The Kier molecular flexibility index (Phi) is 15.2. The van der Waals surface area contributed by atoms with E-state index in [0.717, 1.165) is 32.3 Å². The van der Waals surface area contributed by atoms with Crippen molar-refractivity contribution >= 4 is 5.97 Å². The van der Waals surface area contributed by atoms with Crippen LogP contribution in [0.1, 0.15) is 46.5 Å². The molecule has 126 valence electrons. The zero-order chi connectivity index (χ0) is 15.8. The first-order chi connectivity index (χ1) is 10.2. The van der Waals surface area contributed by atoms with Gasteiger partial charge in [-0.1, -0.05) is 33.6 Å². The van der Waals surface area contributed by atoms with Crippen LogP contribution in [0.5, 0.6) is 0 Å². The molecular formula is C16H32O5. The molecule has 0 rings (SSSR count). The van der Waals surface area contributed by atoms with E-state index in [9.17, 15) is 4.79 Å². The van der Waals surface area contributed by atoms with E-state index in [1.807, 2.05) is 6.92 Å². The third-order valence-corrected chi connectivity index (χ3v) is 2.98. The van der Waals surface area contributed by atoms with E-state index < -0.39 is 0 Å². The van der Waals surface area contributed by atoms with Gasteiger partial charge in [-0.25, -0.2) is 0 Å². The van der Waals surface area contributed by atoms with Gasteiger partial charge in [0.05, 0.1) is 39.0 Å². The summed E-state index contributed by atoms with van der Waals surface area (Å²) in [6.45, 7) is 9.90. The summed E-state index contributed by atoms with van der Waals surface area (Å²) in [5, 5.41) is 0. The lowest BCUT2D eigenvalue weighted by Crippen LogP contribution is -2.18. The lowest BCUT2D eigenvalue weighted by atomic mass is 10.1. The Balaban J connectivity index is 3.17. The van der Waals surface area contributed by atoms with Crippen LogP contribution >= 0.6 is 0 Å². The predicted molar refractivity (Wildman–Crippen MR) is 82.4 cm³/mol. The van der Waals surface area contributed by atoms with Crippen LogP contribution in [-0.2, 0) is 23.7 Å². The van der Waals surface area contributed by atoms with Gasteiger partial charge in [-0.05, 0) is 12.8 Å². The average molecular weight is 304 g/mol. The maximum absolute atomic E-state index is 11.5. The van der Waals surface area contributed by atoms with Crippen molar-refractivity contribution in [1.29, 1.82) is 0 Å². The van der Waals surface area contributed by atoms with Gasteiger partial charge in [0.25, 0.3) is 0 Å². The van der Waals surface area contributed by atoms with E-state index in [2.05, 4.69) is 13.8 Å². The van der Waals surface area contributed by atoms with Crippen LogP contribution in [0.25, 0.3) is 0 Å². The van der Waals surface area contributed by atoms with Crippen LogP contribution in [-0.4, -0.2) is 52.2 Å². The number of unbranched alkanes of at least 4 members (excludes halogenated alkanes) is 1. The van der Waals surface area contributed by atoms with Crippen molar-refractivity contribution in [3.8, 4) is 0 Å². The van der Waals surface area contributed by atoms with Crippen molar-refractivity contribution in [3.05, 3.63) is 0 Å². The fourth-order valence-corrected chi connectivity index (χ4v) is 1.68. The Morgan fingerprint density at radius 1 is 0.810 bits per heavy atom. The lowest BCUT2D eigenvalue weighted by molar-refractivity contribution is -0.149. The van der Waals surface area contributed by atoms with Gasteiger partial charge in [-0.2, -0.15) is 0 Å². The summed E-state index contributed by atoms with van der Waals surface area (Å²) in [6, 6.07) is 0. The highest BCUT2D eigenvalue weighted by Gasteiger charge is 2.12. The SMILES string of the molecule is CCCCOCCOCCOCCOC(=O)C(C)CCC. The smallest absolute Gasteiger partial charge is 0.308 e. The molecule has 0 aromatic carbocycles. The number of carbonyl (C=O) groups is 1. The first-order valence-corrected chi connectivity index (χ1v) is 8.12. The lowest BCUT2D eigenvalue weighted by Gasteiger charge is -2.10. The largest absolute Gasteiger partial charge is 0.463 e. The molecule has 0 spiro atoms. The van der Waals surface area contributed by atoms with Crippen molar-refractivity contribution in [3.63, 3.8) is 0 Å². The Morgan fingerprint density at radius 2 is 1.33 bits per heavy atom. The van der Waals surface area contributed by atoms with E-state index in [-0.39, 0.29) is 11.9 Å². The van der Waals surface area contributed by atoms with Gasteiger partial charge >= 0.3 is 5.97 Å². The zero-order valence-corrected chi connectivity index (χ0v) is 13.9. The molecule has 1 unspecified atom stereocenters. The van der Waals surface area contributed by atoms with Gasteiger partial charge in [0.2, 0.25) is 0 Å². The topological polar surface area (TPSA) is 54.0 Å². The quantitative estimate of drug-likeness (QED) is 0.344. The number of carbonyl (C=O) groups excluding carboxylic acids is 1. The summed E-state index contributed by atoms with van der Waals surface area (Å²) in [4.78, 5) is 11.5. The monoisotopic (exact) mass is 304 g/mol. The normalized spacial score (nSPS) is 12.3. The van der Waals surface area contributed by atoms with Crippen LogP contribution in [0.3, 0.4) is 0 Å². The fraction of sp³-hybridized carbons (Fsp3) is 0.938. The Labute approximate surface area is 129 Å². The van der Waals surface area contributed by atoms with E-state index in [1.165, 1.54) is 0 Å². The molecule has 0 aromatic rings. The molecule has 1 atom stereocenters. The number of rotatable bonds is 15. The second kappa shape index (κ2) is 15.7. The molecule has 0 radical (unpaired) electrons. The Morgan fingerprint density at radius 3 is 1.86 bits per heavy atom. The molecule has 0 N–H and O–H groups in total. The van der Waals surface area contributed by atoms with Crippen LogP contribution < -0.4 is 0 Å². The molecule has 0 saturated carbocycles. The average Bonchev–Trinajstić information content (AvgIpc) is 2.48. The summed E-state index contributed by atoms with van der Waals surface area (Å²) < 4.78 is 21.2. The second-order valence-electron chi connectivity index (χ2n) is 5.05. The highest BCUT2D eigenvalue weighted by atomic mass is 16.6. The van der Waals surface area contributed by atoms with Crippen molar-refractivity contribution < 1.29 is 23.7 Å². The second-order valence-corrected chi connectivity index (χ2v) is 5.05. The number of esters is 1. The Bertz CT molecular complexity index is 233. The van der Waals surface area contributed by atoms with Gasteiger partial charge in [-0.15, -0.1) is 0 Å². The van der Waals surface area contributed by atoms with Crippen LogP contribution in [0, 0.1) is 5.92 Å². The van der Waals surface area contributed by atoms with E-state index in [0.29, 0.717) is 39.6 Å². The molecule has 5 heteroatoms. The maximum atomic E-state index is 11.5. The molecule has 0 heterocycles. The van der Waals surface area contributed by atoms with Crippen molar-refractivity contribution in [2.45, 2.75) is 46.5 Å². The third-order valence-electron chi connectivity index (χ3n) is 2.98. The van der Waals surface area contributed by atoms with Crippen molar-refractivity contribution in [1.82, 2.24) is 0 Å². The van der Waals surface area contributed by atoms with Crippen molar-refractivity contribution in [2.24, 2.45) is 5.92 Å². The molecule has 0 bridgehead atoms. The van der Waals surface area contributed by atoms with E-state index >= 15 is 0 Å². The molecule has 0 aliphatic rings. The molecule has 0 aliphatic heterocycles. The maximum Gasteiger partial charge on any atom is 0.308 e. The number of ether oxygens (including phenoxy) is 4. The summed E-state index contributed by atoms with van der Waals surface area (Å²) in [5.74, 6) is -0.160. The highest BCUT2D eigenvalue weighted by Crippen LogP contribution is 2.06. The summed E-state index contributed by atoms with van der Waals surface area (Å²) >= 11 is 0. The molecule has 0 saturated heterocycles. The molecule has 0 aromatic heterocycles. The van der Waals surface area contributed by atoms with Crippen LogP contribution in [0.15, 0.2) is 0 Å². The zero-order valence-electron chi connectivity index (χ0n) is 13.9. The minimum atomic E-state index is -0.138. The minimum Gasteiger partial charge on any atom is -0.463 e. The Hall–Kier alpha value is -0.650. The van der Waals surface area contributed by atoms with Crippen LogP contribution in [0.2, 0.25) is 0 Å². The van der Waals surface area contributed by atoms with Gasteiger partial charge in [0.15, 0.2) is 0 Å². The molecule has 21 heavy (non-hydrogen) atoms. The summed E-state index contributed by atoms with van der Waals surface area (Å²) in [7, 11) is 0. The third kappa shape index (κ3) is 14.1. The molecular weight excluding hydrogens is 272 g/mol.